The van der Waals surface area contributed by atoms with Crippen LogP contribution in [0, 0.1) is 0 Å². The van der Waals surface area contributed by atoms with E-state index in [9.17, 15) is 0 Å². The predicted molar refractivity (Wildman–Crippen MR) is 60.9 cm³/mol. The zero-order valence-corrected chi connectivity index (χ0v) is 8.72. The third-order valence-corrected chi connectivity index (χ3v) is 0.981. The molecule has 0 fully saturated rings. The number of allylic oxidation sites excluding steroid dienone is 3. The van der Waals surface area contributed by atoms with Crippen molar-refractivity contribution in [3.05, 3.63) is 36.6 Å². The molecular weight excluding hydrogens is 148 g/mol. The van der Waals surface area contributed by atoms with E-state index in [0.29, 0.717) is 5.70 Å². The Balaban J connectivity index is -0.0000000712. The highest BCUT2D eigenvalue weighted by atomic mass is 14.6. The minimum atomic E-state index is 0. The lowest BCUT2D eigenvalue weighted by molar-refractivity contribution is 1.33. The lowest BCUT2D eigenvalue weighted by Gasteiger charge is -1.92. The van der Waals surface area contributed by atoms with Gasteiger partial charge in [-0.15, -0.1) is 0 Å². The van der Waals surface area contributed by atoms with Crippen molar-refractivity contribution in [2.45, 2.75) is 20.8 Å². The standard InChI is InChI=1S/C7H11N.C2H6.CH5N.H2/c1-4-6(3)7(8)5-2;2*1-2;/h4-5H,1-2,8H2,3H3;1-2H3;2H2,1H3;1H/b7-6+;;;. The van der Waals surface area contributed by atoms with Crippen molar-refractivity contribution in [2.75, 3.05) is 7.05 Å². The SMILES string of the molecule is C=C/C(C)=C(/N)C=C.CC.CN.[HH]. The van der Waals surface area contributed by atoms with Gasteiger partial charge in [0.2, 0.25) is 0 Å². The second-order valence-electron chi connectivity index (χ2n) is 1.55. The van der Waals surface area contributed by atoms with Crippen LogP contribution in [0.2, 0.25) is 0 Å². The summed E-state index contributed by atoms with van der Waals surface area (Å²) in [4.78, 5) is 0. The third kappa shape index (κ3) is 11.7. The second kappa shape index (κ2) is 16.5. The Morgan fingerprint density at radius 2 is 1.50 bits per heavy atom. The van der Waals surface area contributed by atoms with Crippen LogP contribution in [0.25, 0.3) is 0 Å². The quantitative estimate of drug-likeness (QED) is 0.629. The van der Waals surface area contributed by atoms with Crippen molar-refractivity contribution in [2.24, 2.45) is 11.5 Å². The largest absolute Gasteiger partial charge is 0.399 e. The molecule has 0 aliphatic rings. The summed E-state index contributed by atoms with van der Waals surface area (Å²) in [5, 5.41) is 0. The van der Waals surface area contributed by atoms with Crippen LogP contribution in [0.4, 0.5) is 0 Å². The molecule has 0 aliphatic heterocycles. The first-order valence-corrected chi connectivity index (χ1v) is 4.01. The predicted octanol–water partition coefficient (Wildman–Crippen LogP) is 2.44. The zero-order valence-electron chi connectivity index (χ0n) is 8.72. The summed E-state index contributed by atoms with van der Waals surface area (Å²) in [7, 11) is 1.50. The van der Waals surface area contributed by atoms with Gasteiger partial charge in [0.25, 0.3) is 0 Å². The number of nitrogens with two attached hydrogens (primary N) is 2. The Bertz CT molecular complexity index is 124. The third-order valence-electron chi connectivity index (χ3n) is 0.981. The number of hydrogen-bond donors (Lipinski definition) is 2. The summed E-state index contributed by atoms with van der Waals surface area (Å²) in [6.07, 6.45) is 3.31. The molecule has 0 amide bonds. The number of hydrogen-bond acceptors (Lipinski definition) is 2. The molecule has 0 radical (unpaired) electrons. The first-order valence-electron chi connectivity index (χ1n) is 4.01. The normalized spacial score (nSPS) is 9.08. The van der Waals surface area contributed by atoms with Gasteiger partial charge in [-0.3, -0.25) is 0 Å². The molecule has 2 heteroatoms. The maximum Gasteiger partial charge on any atom is 0.0337 e. The van der Waals surface area contributed by atoms with Gasteiger partial charge in [-0.25, -0.2) is 0 Å². The molecule has 2 nitrogen and oxygen atoms in total. The van der Waals surface area contributed by atoms with E-state index < -0.39 is 0 Å². The van der Waals surface area contributed by atoms with Crippen LogP contribution in [-0.2, 0) is 0 Å². The van der Waals surface area contributed by atoms with E-state index in [1.54, 1.807) is 12.2 Å². The van der Waals surface area contributed by atoms with E-state index in [1.165, 1.54) is 7.05 Å². The molecule has 4 N–H and O–H groups in total. The van der Waals surface area contributed by atoms with Crippen LogP contribution in [0.15, 0.2) is 36.6 Å². The fourth-order valence-corrected chi connectivity index (χ4v) is 0.279. The summed E-state index contributed by atoms with van der Waals surface area (Å²) in [6.45, 7) is 12.9. The lowest BCUT2D eigenvalue weighted by Crippen LogP contribution is -1.94. The van der Waals surface area contributed by atoms with Crippen LogP contribution in [-0.4, -0.2) is 7.05 Å². The molecule has 0 unspecified atom stereocenters. The first kappa shape index (κ1) is 17.2. The van der Waals surface area contributed by atoms with E-state index in [2.05, 4.69) is 18.9 Å². The van der Waals surface area contributed by atoms with Crippen molar-refractivity contribution < 1.29 is 1.43 Å². The van der Waals surface area contributed by atoms with Crippen LogP contribution in [0.1, 0.15) is 22.2 Å². The molecule has 74 valence electrons. The topological polar surface area (TPSA) is 52.0 Å². The molecule has 0 heterocycles. The highest BCUT2D eigenvalue weighted by molar-refractivity contribution is 5.26. The minimum absolute atomic E-state index is 0. The average Bonchev–Trinajstić information content (AvgIpc) is 2.21. The maximum absolute atomic E-state index is 5.42. The smallest absolute Gasteiger partial charge is 0.0337 e. The highest BCUT2D eigenvalue weighted by Gasteiger charge is 1.83. The van der Waals surface area contributed by atoms with Crippen molar-refractivity contribution in [1.29, 1.82) is 0 Å². The fraction of sp³-hybridized carbons (Fsp3) is 0.400. The van der Waals surface area contributed by atoms with Gasteiger partial charge < -0.3 is 11.5 Å². The van der Waals surface area contributed by atoms with Gasteiger partial charge >= 0.3 is 0 Å². The molecule has 0 saturated heterocycles. The number of rotatable bonds is 2. The molecule has 0 aromatic heterocycles. The molecule has 12 heavy (non-hydrogen) atoms. The average molecular weight is 172 g/mol. The molecule has 0 aromatic rings. The molecule has 0 rings (SSSR count). The Hall–Kier alpha value is -1.02. The Morgan fingerprint density at radius 1 is 1.17 bits per heavy atom. The summed E-state index contributed by atoms with van der Waals surface area (Å²) in [6, 6.07) is 0. The lowest BCUT2D eigenvalue weighted by atomic mass is 10.2. The van der Waals surface area contributed by atoms with Gasteiger partial charge in [0.15, 0.2) is 0 Å². The van der Waals surface area contributed by atoms with Gasteiger partial charge in [-0.1, -0.05) is 33.1 Å². The van der Waals surface area contributed by atoms with Crippen LogP contribution >= 0.6 is 0 Å². The van der Waals surface area contributed by atoms with Crippen LogP contribution < -0.4 is 11.5 Å². The Kier molecular flexibility index (Phi) is 23.6. The molecule has 0 saturated carbocycles. The van der Waals surface area contributed by atoms with Gasteiger partial charge in [-0.05, 0) is 25.6 Å². The van der Waals surface area contributed by atoms with Crippen molar-refractivity contribution in [1.82, 2.24) is 0 Å². The van der Waals surface area contributed by atoms with E-state index in [0.717, 1.165) is 5.57 Å². The van der Waals surface area contributed by atoms with Crippen molar-refractivity contribution in [3.63, 3.8) is 0 Å². The second-order valence-corrected chi connectivity index (χ2v) is 1.55. The van der Waals surface area contributed by atoms with E-state index in [1.807, 2.05) is 20.8 Å². The molecule has 0 aromatic carbocycles. The molecule has 0 bridgehead atoms. The van der Waals surface area contributed by atoms with E-state index in [4.69, 9.17) is 5.73 Å². The molecule has 0 atom stereocenters. The molecular formula is C10H24N2. The summed E-state index contributed by atoms with van der Waals surface area (Å²) in [5.74, 6) is 0. The van der Waals surface area contributed by atoms with Gasteiger partial charge in [0, 0.05) is 7.12 Å². The van der Waals surface area contributed by atoms with Crippen LogP contribution in [0.5, 0.6) is 0 Å². The summed E-state index contributed by atoms with van der Waals surface area (Å²) < 4.78 is 0. The van der Waals surface area contributed by atoms with Crippen molar-refractivity contribution >= 4 is 0 Å². The monoisotopic (exact) mass is 172 g/mol. The Labute approximate surface area is 78.1 Å². The molecule has 0 spiro atoms. The fourth-order valence-electron chi connectivity index (χ4n) is 0.279. The minimum Gasteiger partial charge on any atom is -0.399 e. The first-order chi connectivity index (χ1) is 5.72. The molecule has 0 aliphatic carbocycles. The Morgan fingerprint density at radius 3 is 1.58 bits per heavy atom. The van der Waals surface area contributed by atoms with Gasteiger partial charge in [0.05, 0.1) is 0 Å². The summed E-state index contributed by atoms with van der Waals surface area (Å²) >= 11 is 0. The van der Waals surface area contributed by atoms with Crippen molar-refractivity contribution in [3.8, 4) is 0 Å². The van der Waals surface area contributed by atoms with E-state index >= 15 is 0 Å². The zero-order chi connectivity index (χ0) is 10.6. The maximum atomic E-state index is 5.42. The van der Waals surface area contributed by atoms with Gasteiger partial charge in [-0.2, -0.15) is 0 Å². The van der Waals surface area contributed by atoms with Gasteiger partial charge in [0.1, 0.15) is 0 Å². The van der Waals surface area contributed by atoms with E-state index in [-0.39, 0.29) is 1.43 Å². The summed E-state index contributed by atoms with van der Waals surface area (Å²) in [5.41, 5.74) is 11.6. The van der Waals surface area contributed by atoms with Crippen LogP contribution in [0.3, 0.4) is 0 Å². The highest BCUT2D eigenvalue weighted by Crippen LogP contribution is 1.97.